The van der Waals surface area contributed by atoms with Gasteiger partial charge in [0, 0.05) is 23.6 Å². The van der Waals surface area contributed by atoms with Crippen molar-refractivity contribution < 1.29 is 14.4 Å². The second-order valence-corrected chi connectivity index (χ2v) is 6.25. The van der Waals surface area contributed by atoms with Crippen LogP contribution in [0.3, 0.4) is 0 Å². The lowest BCUT2D eigenvalue weighted by molar-refractivity contribution is 0.387. The normalized spacial score (nSPS) is 12.5. The average Bonchev–Trinajstić information content (AvgIpc) is 2.67. The van der Waals surface area contributed by atoms with Crippen molar-refractivity contribution in [1.82, 2.24) is 9.88 Å². The Hall–Kier alpha value is -1.13. The number of benzene rings is 1. The highest BCUT2D eigenvalue weighted by Gasteiger charge is 2.18. The molecule has 0 saturated carbocycles. The molecule has 0 aliphatic carbocycles. The summed E-state index contributed by atoms with van der Waals surface area (Å²) in [5.41, 5.74) is 1.98. The molecule has 1 aromatic carbocycles. The van der Waals surface area contributed by atoms with E-state index in [1.165, 1.54) is 6.07 Å². The Morgan fingerprint density at radius 1 is 1.33 bits per heavy atom. The highest BCUT2D eigenvalue weighted by atomic mass is 31.2. The van der Waals surface area contributed by atoms with Crippen LogP contribution >= 0.6 is 7.60 Å². The molecular weight excluding hydrogens is 251 g/mol. The standard InChI is InChI=1S/C12H17N2O3P/c1-14(2)6-5-9-8-13-12-4-3-10(7-11(9)12)18(15,16)17/h3-4,7-8,13H,5-6H2,1-2H3,(H2,15,16,17). The molecule has 0 atom stereocenters. The molecule has 0 aliphatic rings. The van der Waals surface area contributed by atoms with Gasteiger partial charge < -0.3 is 19.7 Å². The minimum Gasteiger partial charge on any atom is -0.361 e. The Labute approximate surface area is 106 Å². The van der Waals surface area contributed by atoms with Crippen molar-refractivity contribution in [1.29, 1.82) is 0 Å². The number of hydrogen-bond acceptors (Lipinski definition) is 2. The zero-order valence-corrected chi connectivity index (χ0v) is 11.3. The summed E-state index contributed by atoms with van der Waals surface area (Å²) in [6.07, 6.45) is 2.75. The molecule has 0 spiro atoms. The summed E-state index contributed by atoms with van der Waals surface area (Å²) in [5.74, 6) is 0. The first-order valence-corrected chi connectivity index (χ1v) is 7.30. The molecule has 0 radical (unpaired) electrons. The number of aromatic nitrogens is 1. The van der Waals surface area contributed by atoms with E-state index >= 15 is 0 Å². The molecule has 3 N–H and O–H groups in total. The van der Waals surface area contributed by atoms with Gasteiger partial charge >= 0.3 is 7.60 Å². The lowest BCUT2D eigenvalue weighted by Gasteiger charge is -2.09. The van der Waals surface area contributed by atoms with Crippen molar-refractivity contribution in [3.05, 3.63) is 30.0 Å². The molecule has 18 heavy (non-hydrogen) atoms. The molecule has 0 amide bonds. The van der Waals surface area contributed by atoms with E-state index in [4.69, 9.17) is 0 Å². The third-order valence-electron chi connectivity index (χ3n) is 2.92. The fourth-order valence-electron chi connectivity index (χ4n) is 1.90. The van der Waals surface area contributed by atoms with E-state index in [1.807, 2.05) is 20.3 Å². The van der Waals surface area contributed by atoms with Gasteiger partial charge in [0.25, 0.3) is 0 Å². The van der Waals surface area contributed by atoms with Gasteiger partial charge in [-0.25, -0.2) is 0 Å². The van der Waals surface area contributed by atoms with E-state index in [-0.39, 0.29) is 5.30 Å². The molecule has 5 nitrogen and oxygen atoms in total. The number of likely N-dealkylation sites (N-methyl/N-ethyl adjacent to an activating group) is 1. The van der Waals surface area contributed by atoms with Gasteiger partial charge in [-0.15, -0.1) is 0 Å². The van der Waals surface area contributed by atoms with Crippen LogP contribution in [0.15, 0.2) is 24.4 Å². The molecule has 6 heteroatoms. The zero-order valence-electron chi connectivity index (χ0n) is 10.4. The van der Waals surface area contributed by atoms with E-state index in [1.54, 1.807) is 12.1 Å². The zero-order chi connectivity index (χ0) is 13.3. The molecule has 2 aromatic rings. The van der Waals surface area contributed by atoms with Crippen molar-refractivity contribution in [3.8, 4) is 0 Å². The number of nitrogens with zero attached hydrogens (tertiary/aromatic N) is 1. The maximum atomic E-state index is 11.3. The molecule has 0 saturated heterocycles. The van der Waals surface area contributed by atoms with Crippen LogP contribution in [0.25, 0.3) is 10.9 Å². The fraction of sp³-hybridized carbons (Fsp3) is 0.333. The highest BCUT2D eigenvalue weighted by Crippen LogP contribution is 2.34. The first-order valence-electron chi connectivity index (χ1n) is 5.69. The number of H-pyrrole nitrogens is 1. The summed E-state index contributed by atoms with van der Waals surface area (Å²) >= 11 is 0. The Bertz CT molecular complexity index is 600. The number of nitrogens with one attached hydrogen (secondary N) is 1. The third-order valence-corrected chi connectivity index (χ3v) is 3.87. The van der Waals surface area contributed by atoms with E-state index in [0.29, 0.717) is 0 Å². The van der Waals surface area contributed by atoms with Gasteiger partial charge in [-0.05, 0) is 44.3 Å². The molecule has 0 aliphatic heterocycles. The van der Waals surface area contributed by atoms with Gasteiger partial charge in [-0.3, -0.25) is 4.57 Å². The highest BCUT2D eigenvalue weighted by molar-refractivity contribution is 7.60. The number of hydrogen-bond donors (Lipinski definition) is 3. The average molecular weight is 268 g/mol. The molecule has 0 bridgehead atoms. The van der Waals surface area contributed by atoms with Gasteiger partial charge in [0.1, 0.15) is 0 Å². The Kier molecular flexibility index (Phi) is 3.59. The summed E-state index contributed by atoms with van der Waals surface area (Å²) in [6.45, 7) is 0.896. The first kappa shape index (κ1) is 13.3. The minimum atomic E-state index is -4.18. The van der Waals surface area contributed by atoms with Crippen LogP contribution in [0.5, 0.6) is 0 Å². The largest absolute Gasteiger partial charge is 0.361 e. The second-order valence-electron chi connectivity index (χ2n) is 4.64. The molecule has 98 valence electrons. The Balaban J connectivity index is 2.40. The molecule has 1 heterocycles. The lowest BCUT2D eigenvalue weighted by Crippen LogP contribution is -2.15. The van der Waals surface area contributed by atoms with Crippen LogP contribution in [0.4, 0.5) is 0 Å². The van der Waals surface area contributed by atoms with Crippen molar-refractivity contribution >= 4 is 23.8 Å². The van der Waals surface area contributed by atoms with Crippen LogP contribution < -0.4 is 5.30 Å². The lowest BCUT2D eigenvalue weighted by atomic mass is 10.1. The van der Waals surface area contributed by atoms with Gasteiger partial charge in [0.2, 0.25) is 0 Å². The fourth-order valence-corrected chi connectivity index (χ4v) is 2.46. The van der Waals surface area contributed by atoms with Crippen molar-refractivity contribution in [3.63, 3.8) is 0 Å². The molecule has 2 rings (SSSR count). The van der Waals surface area contributed by atoms with Crippen molar-refractivity contribution in [2.45, 2.75) is 6.42 Å². The second kappa shape index (κ2) is 4.86. The van der Waals surface area contributed by atoms with Crippen molar-refractivity contribution in [2.75, 3.05) is 20.6 Å². The monoisotopic (exact) mass is 268 g/mol. The quantitative estimate of drug-likeness (QED) is 0.725. The molecule has 0 unspecified atom stereocenters. The first-order chi connectivity index (χ1) is 8.38. The summed E-state index contributed by atoms with van der Waals surface area (Å²) < 4.78 is 11.3. The maximum Gasteiger partial charge on any atom is 0.356 e. The summed E-state index contributed by atoms with van der Waals surface area (Å²) in [5, 5.41) is 0.957. The number of fused-ring (bicyclic) bond motifs is 1. The van der Waals surface area contributed by atoms with Crippen LogP contribution in [-0.4, -0.2) is 40.3 Å². The van der Waals surface area contributed by atoms with E-state index in [9.17, 15) is 14.4 Å². The number of rotatable bonds is 4. The van der Waals surface area contributed by atoms with Gasteiger partial charge in [0.15, 0.2) is 0 Å². The third kappa shape index (κ3) is 2.82. The van der Waals surface area contributed by atoms with Crippen molar-refractivity contribution in [2.24, 2.45) is 0 Å². The van der Waals surface area contributed by atoms with Crippen LogP contribution in [0.1, 0.15) is 5.56 Å². The summed E-state index contributed by atoms with van der Waals surface area (Å²) in [4.78, 5) is 23.6. The molecule has 1 aromatic heterocycles. The molecular formula is C12H17N2O3P. The Morgan fingerprint density at radius 2 is 2.06 bits per heavy atom. The SMILES string of the molecule is CN(C)CCc1c[nH]c2ccc(P(=O)(O)O)cc12. The van der Waals surface area contributed by atoms with Gasteiger partial charge in [-0.1, -0.05) is 0 Å². The van der Waals surface area contributed by atoms with E-state index < -0.39 is 7.60 Å². The van der Waals surface area contributed by atoms with E-state index in [0.717, 1.165) is 29.4 Å². The molecule has 0 fully saturated rings. The van der Waals surface area contributed by atoms with Gasteiger partial charge in [0.05, 0.1) is 5.30 Å². The minimum absolute atomic E-state index is 0.0701. The van der Waals surface area contributed by atoms with Gasteiger partial charge in [-0.2, -0.15) is 0 Å². The Morgan fingerprint density at radius 3 is 2.67 bits per heavy atom. The summed E-state index contributed by atoms with van der Waals surface area (Å²) in [7, 11) is -0.188. The van der Waals surface area contributed by atoms with Crippen LogP contribution in [0.2, 0.25) is 0 Å². The topological polar surface area (TPSA) is 76.6 Å². The smallest absolute Gasteiger partial charge is 0.356 e. The van der Waals surface area contributed by atoms with Crippen LogP contribution in [-0.2, 0) is 11.0 Å². The van der Waals surface area contributed by atoms with Crippen LogP contribution in [0, 0.1) is 0 Å². The maximum absolute atomic E-state index is 11.3. The van der Waals surface area contributed by atoms with E-state index in [2.05, 4.69) is 9.88 Å². The predicted molar refractivity (Wildman–Crippen MR) is 72.2 cm³/mol. The number of aromatic amines is 1. The summed E-state index contributed by atoms with van der Waals surface area (Å²) in [6, 6.07) is 4.76. The predicted octanol–water partition coefficient (Wildman–Crippen LogP) is 1.07.